The number of allylic oxidation sites excluding steroid dienone is 8. The third-order valence-corrected chi connectivity index (χ3v) is 7.24. The number of aryl methyl sites for hydroxylation is 3. The average Bonchev–Trinajstić information content (AvgIpc) is 2.81. The van der Waals surface area contributed by atoms with E-state index in [1.54, 1.807) is 0 Å². The summed E-state index contributed by atoms with van der Waals surface area (Å²) in [5.41, 5.74) is 11.5. The van der Waals surface area contributed by atoms with Crippen molar-refractivity contribution in [3.63, 3.8) is 0 Å². The second-order valence-corrected chi connectivity index (χ2v) is 13.2. The molecule has 0 saturated heterocycles. The number of rotatable bonds is 3. The van der Waals surface area contributed by atoms with Gasteiger partial charge in [-0.15, -0.1) is 0 Å². The molecule has 0 bridgehead atoms. The molecule has 2 aromatic rings. The molecule has 10 heteroatoms. The second-order valence-electron chi connectivity index (χ2n) is 10.2. The van der Waals surface area contributed by atoms with E-state index in [0.29, 0.717) is 0 Å². The second kappa shape index (κ2) is 10.7. The molecule has 0 radical (unpaired) electrons. The van der Waals surface area contributed by atoms with Crippen LogP contribution in [0.2, 0.25) is 0 Å². The Morgan fingerprint density at radius 1 is 0.750 bits per heavy atom. The molecule has 2 nitrogen and oxygen atoms in total. The van der Waals surface area contributed by atoms with Crippen LogP contribution in [0.15, 0.2) is 83.3 Å². The number of benzene rings is 2. The summed E-state index contributed by atoms with van der Waals surface area (Å²) in [7, 11) is -2.34. The Labute approximate surface area is 236 Å². The van der Waals surface area contributed by atoms with Gasteiger partial charge in [0.25, 0.3) is 0 Å². The van der Waals surface area contributed by atoms with Gasteiger partial charge in [0.15, 0.2) is 5.71 Å². The number of nitrogens with zero attached hydrogens (tertiary/aromatic N) is 2. The maximum atomic E-state index is 9.87. The van der Waals surface area contributed by atoms with Crippen LogP contribution in [0.1, 0.15) is 27.8 Å². The number of thioether (sulfide) groups is 1. The summed E-state index contributed by atoms with van der Waals surface area (Å²) < 4.78 is 61.3. The summed E-state index contributed by atoms with van der Waals surface area (Å²) in [5.74, 6) is 0. The Morgan fingerprint density at radius 2 is 1.25 bits per heavy atom. The predicted octanol–water partition coefficient (Wildman–Crippen LogP) is 10.3. The molecule has 0 saturated carbocycles. The zero-order valence-corrected chi connectivity index (χ0v) is 25.2. The fourth-order valence-electron chi connectivity index (χ4n) is 4.41. The molecule has 2 aromatic carbocycles. The van der Waals surface area contributed by atoms with E-state index in [9.17, 15) is 25.2 Å². The van der Waals surface area contributed by atoms with Gasteiger partial charge in [0.1, 0.15) is 14.1 Å². The topological polar surface area (TPSA) is 6.25 Å². The van der Waals surface area contributed by atoms with E-state index in [-0.39, 0.29) is 0 Å². The third-order valence-electron chi connectivity index (χ3n) is 6.10. The summed E-state index contributed by atoms with van der Waals surface area (Å²) in [6, 6.07) is 13.4. The molecule has 0 amide bonds. The third kappa shape index (κ3) is 9.56. The maximum absolute atomic E-state index is 10.7. The van der Waals surface area contributed by atoms with E-state index in [0.717, 1.165) is 0 Å². The number of hydrogen-bond acceptors (Lipinski definition) is 2. The normalized spacial score (nSPS) is 16.9. The van der Waals surface area contributed by atoms with Crippen LogP contribution in [-0.2, 0) is 0 Å². The molecule has 0 unspecified atom stereocenters. The first-order valence-electron chi connectivity index (χ1n) is 12.4. The Bertz CT molecular complexity index is 1450. The Kier molecular flexibility index (Phi) is 8.46. The van der Waals surface area contributed by atoms with Gasteiger partial charge in [0.05, 0.1) is 0 Å². The van der Waals surface area contributed by atoms with Gasteiger partial charge >= 0.3 is 33.0 Å². The quantitative estimate of drug-likeness (QED) is 0.197. The molecule has 1 aliphatic heterocycles. The van der Waals surface area contributed by atoms with Crippen LogP contribution in [0.25, 0.3) is 10.5 Å². The molecule has 0 fully saturated rings. The molecule has 0 aromatic heterocycles. The van der Waals surface area contributed by atoms with Crippen molar-refractivity contribution in [1.29, 1.82) is 0 Å². The average molecular weight is 599 g/mol. The van der Waals surface area contributed by atoms with E-state index in [4.69, 9.17) is 0 Å². The molecular weight excluding hydrogens is 565 g/mol. The monoisotopic (exact) mass is 598 g/mol. The van der Waals surface area contributed by atoms with Gasteiger partial charge in [0, 0.05) is 41.7 Å². The summed E-state index contributed by atoms with van der Waals surface area (Å²) in [4.78, 5) is 4.70. The van der Waals surface area contributed by atoms with Crippen LogP contribution in [0, 0.1) is 20.8 Å². The van der Waals surface area contributed by atoms with Crippen molar-refractivity contribution < 1.29 is 29.8 Å². The Balaban J connectivity index is 0.000000559. The fourth-order valence-corrected chi connectivity index (χ4v) is 5.53. The van der Waals surface area contributed by atoms with Crippen LogP contribution in [-0.4, -0.2) is 38.5 Å². The van der Waals surface area contributed by atoms with E-state index in [1.165, 1.54) is 60.2 Å². The predicted molar refractivity (Wildman–Crippen MR) is 161 cm³/mol. The summed E-state index contributed by atoms with van der Waals surface area (Å²) in [6.45, 7) is 6.62. The Morgan fingerprint density at radius 3 is 1.70 bits per heavy atom. The molecule has 40 heavy (non-hydrogen) atoms. The van der Waals surface area contributed by atoms with Gasteiger partial charge in [-0.25, -0.2) is 4.58 Å². The minimum atomic E-state index is -10.7. The van der Waals surface area contributed by atoms with Gasteiger partial charge in [-0.3, -0.25) is 0 Å². The van der Waals surface area contributed by atoms with Crippen molar-refractivity contribution in [3.05, 3.63) is 111 Å². The van der Waals surface area contributed by atoms with E-state index in [2.05, 4.69) is 131 Å². The van der Waals surface area contributed by atoms with Gasteiger partial charge < -0.3 is 4.90 Å². The molecule has 216 valence electrons. The zero-order chi connectivity index (χ0) is 30.1. The van der Waals surface area contributed by atoms with Crippen molar-refractivity contribution in [1.82, 2.24) is 0 Å². The van der Waals surface area contributed by atoms with Gasteiger partial charge in [-0.2, -0.15) is 0 Å². The molecule has 1 heterocycles. The standard InChI is InChI=1S/C30H33N2S.F6P/c1-20-16-21(2)30(22(3)17-20)25-18-28(23-8-12-26(13-9-23)31(4)5)33-29(19-25)24-10-14-27(15-11-24)32(6)7;1-7(2,3,4,5)6/h8-19H,1-7H3;/q+1;-1. The zero-order valence-electron chi connectivity index (χ0n) is 23.4. The Hall–Kier alpha value is -3.03. The van der Waals surface area contributed by atoms with Crippen molar-refractivity contribution in [3.8, 4) is 0 Å². The van der Waals surface area contributed by atoms with Crippen molar-refractivity contribution >= 4 is 41.4 Å². The fraction of sp³-hybridized carbons (Fsp3) is 0.233. The van der Waals surface area contributed by atoms with Crippen molar-refractivity contribution in [2.45, 2.75) is 20.8 Å². The molecule has 4 rings (SSSR count). The summed E-state index contributed by atoms with van der Waals surface area (Å²) >= 11 is 1.85. The number of hydrogen-bond donors (Lipinski definition) is 0. The molecule has 2 aliphatic rings. The van der Waals surface area contributed by atoms with E-state index >= 15 is 0 Å². The van der Waals surface area contributed by atoms with Crippen LogP contribution in [0.4, 0.5) is 30.9 Å². The van der Waals surface area contributed by atoms with Crippen molar-refractivity contribution in [2.75, 3.05) is 33.1 Å². The first kappa shape index (κ1) is 31.5. The van der Waals surface area contributed by atoms with Gasteiger partial charge in [0.2, 0.25) is 0 Å². The molecule has 1 aliphatic carbocycles. The first-order valence-corrected chi connectivity index (χ1v) is 15.2. The number of halogens is 6. The summed E-state index contributed by atoms with van der Waals surface area (Å²) in [6.07, 6.45) is 13.6. The molecule has 0 atom stereocenters. The molecule has 0 N–H and O–H groups in total. The first-order chi connectivity index (χ1) is 18.2. The van der Waals surface area contributed by atoms with Crippen LogP contribution in [0.3, 0.4) is 0 Å². The molecule has 0 spiro atoms. The van der Waals surface area contributed by atoms with Gasteiger partial charge in [-0.05, 0) is 90.6 Å². The van der Waals surface area contributed by atoms with Crippen LogP contribution in [0.5, 0.6) is 0 Å². The SMILES string of the molecule is Cc1cc(C)c(C2=CC(=C3C=CC(=[N+](C)C)C=C3)SC(c3ccc(N(C)C)cc3)=C2)c(C)c1.F[P-](F)(F)(F)(F)F. The van der Waals surface area contributed by atoms with Crippen molar-refractivity contribution in [2.24, 2.45) is 0 Å². The summed E-state index contributed by atoms with van der Waals surface area (Å²) in [5, 5.41) is 0. The minimum absolute atomic E-state index is 1.21. The molecular formula is C30H33F6N2PS. The van der Waals surface area contributed by atoms with E-state index in [1.807, 2.05) is 11.8 Å². The van der Waals surface area contributed by atoms with Crippen LogP contribution >= 0.6 is 19.6 Å². The van der Waals surface area contributed by atoms with Crippen LogP contribution < -0.4 is 4.90 Å². The number of anilines is 1. The van der Waals surface area contributed by atoms with E-state index < -0.39 is 7.81 Å². The van der Waals surface area contributed by atoms with Gasteiger partial charge in [-0.1, -0.05) is 41.6 Å².